The van der Waals surface area contributed by atoms with Crippen LogP contribution in [0.5, 0.6) is 0 Å². The Bertz CT molecular complexity index is 231. The largest absolute Gasteiger partial charge is 0.444 e. The van der Waals surface area contributed by atoms with Crippen molar-refractivity contribution in [1.29, 1.82) is 0 Å². The molecule has 5 nitrogen and oxygen atoms in total. The van der Waals surface area contributed by atoms with Gasteiger partial charge in [0, 0.05) is 13.0 Å². The number of carbonyl (C=O) groups excluding carboxylic acids is 1. The molecule has 5 heteroatoms. The summed E-state index contributed by atoms with van der Waals surface area (Å²) in [6, 6.07) is 0. The molecule has 0 saturated carbocycles. The van der Waals surface area contributed by atoms with E-state index in [1.54, 1.807) is 20.8 Å². The summed E-state index contributed by atoms with van der Waals surface area (Å²) in [6.07, 6.45) is -0.325. The lowest BCUT2D eigenvalue weighted by molar-refractivity contribution is -0.147. The van der Waals surface area contributed by atoms with Crippen LogP contribution in [0, 0.1) is 0 Å². The molecule has 1 amide bonds. The molecule has 2 N–H and O–H groups in total. The van der Waals surface area contributed by atoms with Crippen molar-refractivity contribution in [2.75, 3.05) is 13.1 Å². The molecule has 1 saturated heterocycles. The van der Waals surface area contributed by atoms with Gasteiger partial charge in [0.25, 0.3) is 0 Å². The normalized spacial score (nSPS) is 21.1. The van der Waals surface area contributed by atoms with Crippen molar-refractivity contribution in [1.82, 2.24) is 4.90 Å². The van der Waals surface area contributed by atoms with Crippen molar-refractivity contribution in [3.8, 4) is 0 Å². The van der Waals surface area contributed by atoms with Crippen LogP contribution in [-0.4, -0.2) is 45.7 Å². The molecule has 0 unspecified atom stereocenters. The summed E-state index contributed by atoms with van der Waals surface area (Å²) in [5.41, 5.74) is -0.548. The van der Waals surface area contributed by atoms with Crippen LogP contribution in [0.1, 0.15) is 27.2 Å². The molecule has 1 aliphatic rings. The van der Waals surface area contributed by atoms with E-state index in [9.17, 15) is 15.0 Å². The fourth-order valence-electron chi connectivity index (χ4n) is 1.26. The minimum atomic E-state index is -1.75. The number of carbonyl (C=O) groups is 1. The molecule has 0 aromatic carbocycles. The number of rotatable bonds is 0. The highest BCUT2D eigenvalue weighted by Crippen LogP contribution is 2.20. The van der Waals surface area contributed by atoms with E-state index in [1.807, 2.05) is 0 Å². The van der Waals surface area contributed by atoms with Gasteiger partial charge < -0.3 is 19.8 Å². The maximum atomic E-state index is 11.4. The van der Waals surface area contributed by atoms with Crippen LogP contribution in [-0.2, 0) is 4.74 Å². The molecule has 1 aliphatic heterocycles. The molecular formula is C9H17NO4. The van der Waals surface area contributed by atoms with Crippen LogP contribution in [0.3, 0.4) is 0 Å². The number of amides is 1. The predicted molar refractivity (Wildman–Crippen MR) is 49.6 cm³/mol. The summed E-state index contributed by atoms with van der Waals surface area (Å²) < 4.78 is 5.08. The van der Waals surface area contributed by atoms with Gasteiger partial charge in [0.2, 0.25) is 0 Å². The third-order valence-corrected chi connectivity index (χ3v) is 1.88. The van der Waals surface area contributed by atoms with Gasteiger partial charge in [-0.1, -0.05) is 0 Å². The van der Waals surface area contributed by atoms with Gasteiger partial charge in [-0.2, -0.15) is 0 Å². The van der Waals surface area contributed by atoms with E-state index in [-0.39, 0.29) is 13.0 Å². The third kappa shape index (κ3) is 3.16. The van der Waals surface area contributed by atoms with Crippen LogP contribution in [0.25, 0.3) is 0 Å². The SMILES string of the molecule is CC(C)(C)OC(=O)N1CCC(O)(O)C1. The first-order valence-corrected chi connectivity index (χ1v) is 4.62. The molecule has 0 aromatic rings. The summed E-state index contributed by atoms with van der Waals surface area (Å²) in [5.74, 6) is -1.75. The van der Waals surface area contributed by atoms with E-state index >= 15 is 0 Å². The maximum Gasteiger partial charge on any atom is 0.410 e. The van der Waals surface area contributed by atoms with E-state index < -0.39 is 17.5 Å². The Labute approximate surface area is 83.3 Å². The molecule has 82 valence electrons. The first-order valence-electron chi connectivity index (χ1n) is 4.62. The molecule has 0 bridgehead atoms. The molecule has 14 heavy (non-hydrogen) atoms. The van der Waals surface area contributed by atoms with Gasteiger partial charge in [0.15, 0.2) is 5.79 Å². The molecule has 0 aromatic heterocycles. The molecule has 0 radical (unpaired) electrons. The highest BCUT2D eigenvalue weighted by atomic mass is 16.6. The number of ether oxygens (including phenoxy) is 1. The quantitative estimate of drug-likeness (QED) is 0.556. The van der Waals surface area contributed by atoms with Gasteiger partial charge in [-0.15, -0.1) is 0 Å². The summed E-state index contributed by atoms with van der Waals surface area (Å²) in [5, 5.41) is 18.4. The van der Waals surface area contributed by atoms with Crippen molar-refractivity contribution < 1.29 is 19.7 Å². The highest BCUT2D eigenvalue weighted by Gasteiger charge is 2.37. The zero-order valence-corrected chi connectivity index (χ0v) is 8.78. The van der Waals surface area contributed by atoms with Crippen LogP contribution in [0.15, 0.2) is 0 Å². The zero-order chi connectivity index (χ0) is 11.0. The number of aliphatic hydroxyl groups is 2. The van der Waals surface area contributed by atoms with Gasteiger partial charge in [-0.3, -0.25) is 0 Å². The smallest absolute Gasteiger partial charge is 0.410 e. The second kappa shape index (κ2) is 3.40. The number of hydrogen-bond donors (Lipinski definition) is 2. The van der Waals surface area contributed by atoms with E-state index in [2.05, 4.69) is 0 Å². The Hall–Kier alpha value is -0.810. The Morgan fingerprint density at radius 2 is 2.00 bits per heavy atom. The number of hydrogen-bond acceptors (Lipinski definition) is 4. The highest BCUT2D eigenvalue weighted by molar-refractivity contribution is 5.68. The standard InChI is InChI=1S/C9H17NO4/c1-8(2,3)14-7(11)10-5-4-9(12,13)6-10/h12-13H,4-6H2,1-3H3. The maximum absolute atomic E-state index is 11.4. The average molecular weight is 203 g/mol. The van der Waals surface area contributed by atoms with Gasteiger partial charge in [0.1, 0.15) is 5.60 Å². The van der Waals surface area contributed by atoms with Gasteiger partial charge >= 0.3 is 6.09 Å². The topological polar surface area (TPSA) is 70.0 Å². The second-order valence-electron chi connectivity index (χ2n) is 4.63. The van der Waals surface area contributed by atoms with Gasteiger partial charge in [0.05, 0.1) is 6.54 Å². The van der Waals surface area contributed by atoms with Gasteiger partial charge in [-0.05, 0) is 20.8 Å². The summed E-state index contributed by atoms with van der Waals surface area (Å²) in [7, 11) is 0. The summed E-state index contributed by atoms with van der Waals surface area (Å²) in [6.45, 7) is 5.55. The predicted octanol–water partition coefficient (Wildman–Crippen LogP) is 0.308. The Morgan fingerprint density at radius 3 is 2.36 bits per heavy atom. The lowest BCUT2D eigenvalue weighted by atomic mass is 10.2. The second-order valence-corrected chi connectivity index (χ2v) is 4.63. The van der Waals surface area contributed by atoms with Crippen molar-refractivity contribution >= 4 is 6.09 Å². The monoisotopic (exact) mass is 203 g/mol. The third-order valence-electron chi connectivity index (χ3n) is 1.88. The van der Waals surface area contributed by atoms with Crippen molar-refractivity contribution in [3.05, 3.63) is 0 Å². The van der Waals surface area contributed by atoms with E-state index in [4.69, 9.17) is 4.74 Å². The first kappa shape index (κ1) is 11.3. The molecule has 0 atom stereocenters. The number of nitrogens with zero attached hydrogens (tertiary/aromatic N) is 1. The Kier molecular flexibility index (Phi) is 2.74. The first-order chi connectivity index (χ1) is 6.20. The summed E-state index contributed by atoms with van der Waals surface area (Å²) in [4.78, 5) is 12.7. The van der Waals surface area contributed by atoms with E-state index in [1.165, 1.54) is 4.90 Å². The number of likely N-dealkylation sites (tertiary alicyclic amines) is 1. The van der Waals surface area contributed by atoms with Crippen molar-refractivity contribution in [3.63, 3.8) is 0 Å². The van der Waals surface area contributed by atoms with E-state index in [0.29, 0.717) is 6.54 Å². The lowest BCUT2D eigenvalue weighted by Gasteiger charge is -2.24. The van der Waals surface area contributed by atoms with Crippen LogP contribution in [0.2, 0.25) is 0 Å². The molecular weight excluding hydrogens is 186 g/mol. The fraction of sp³-hybridized carbons (Fsp3) is 0.889. The molecule has 1 fully saturated rings. The molecule has 1 rings (SSSR count). The minimum absolute atomic E-state index is 0.0814. The molecule has 1 heterocycles. The molecule has 0 aliphatic carbocycles. The Balaban J connectivity index is 2.48. The number of β-amino-alcohol motifs (C(OH)–C–C–N with tert-alkyl or cyclic N) is 2. The van der Waals surface area contributed by atoms with Crippen LogP contribution < -0.4 is 0 Å². The zero-order valence-electron chi connectivity index (χ0n) is 8.78. The van der Waals surface area contributed by atoms with Crippen LogP contribution in [0.4, 0.5) is 4.79 Å². The van der Waals surface area contributed by atoms with Crippen molar-refractivity contribution in [2.24, 2.45) is 0 Å². The Morgan fingerprint density at radius 1 is 1.43 bits per heavy atom. The van der Waals surface area contributed by atoms with E-state index in [0.717, 1.165) is 0 Å². The molecule has 0 spiro atoms. The average Bonchev–Trinajstić information content (AvgIpc) is 2.26. The lowest BCUT2D eigenvalue weighted by Crippen LogP contribution is -2.38. The van der Waals surface area contributed by atoms with Crippen molar-refractivity contribution in [2.45, 2.75) is 38.6 Å². The fourth-order valence-corrected chi connectivity index (χ4v) is 1.26. The minimum Gasteiger partial charge on any atom is -0.444 e. The summed E-state index contributed by atoms with van der Waals surface area (Å²) >= 11 is 0. The van der Waals surface area contributed by atoms with Gasteiger partial charge in [-0.25, -0.2) is 4.79 Å². The van der Waals surface area contributed by atoms with Crippen LogP contribution >= 0.6 is 0 Å².